The third kappa shape index (κ3) is 3.26. The van der Waals surface area contributed by atoms with Gasteiger partial charge in [0.25, 0.3) is 0 Å². The zero-order valence-corrected chi connectivity index (χ0v) is 13.7. The maximum absolute atomic E-state index is 12.3. The van der Waals surface area contributed by atoms with Gasteiger partial charge in [-0.2, -0.15) is 0 Å². The van der Waals surface area contributed by atoms with Crippen LogP contribution in [0.5, 0.6) is 23.0 Å². The number of hydrogen-bond donors (Lipinski definition) is 2. The first-order chi connectivity index (χ1) is 12.2. The van der Waals surface area contributed by atoms with Gasteiger partial charge in [-0.1, -0.05) is 6.07 Å². The molecule has 0 aromatic heterocycles. The fraction of sp³-hybridized carbons (Fsp3) is 0.278. The Hall–Kier alpha value is -3.09. The maximum Gasteiger partial charge on any atom is 0.242 e. The molecule has 2 aliphatic heterocycles. The highest BCUT2D eigenvalue weighted by Crippen LogP contribution is 2.34. The highest BCUT2D eigenvalue weighted by molar-refractivity contribution is 5.84. The highest BCUT2D eigenvalue weighted by atomic mass is 16.7. The molecule has 0 radical (unpaired) electrons. The van der Waals surface area contributed by atoms with E-state index >= 15 is 0 Å². The van der Waals surface area contributed by atoms with Crippen LogP contribution >= 0.6 is 0 Å². The van der Waals surface area contributed by atoms with E-state index in [1.807, 2.05) is 36.4 Å². The van der Waals surface area contributed by atoms with E-state index in [2.05, 4.69) is 10.6 Å². The first-order valence-electron chi connectivity index (χ1n) is 8.01. The van der Waals surface area contributed by atoms with Crippen molar-refractivity contribution >= 4 is 11.6 Å². The number of benzene rings is 2. The Kier molecular flexibility index (Phi) is 3.97. The minimum atomic E-state index is -0.394. The van der Waals surface area contributed by atoms with Crippen LogP contribution in [0.2, 0.25) is 0 Å². The zero-order chi connectivity index (χ0) is 17.2. The van der Waals surface area contributed by atoms with Crippen molar-refractivity contribution in [3.05, 3.63) is 42.0 Å². The van der Waals surface area contributed by atoms with Gasteiger partial charge in [-0.05, 0) is 36.8 Å². The summed E-state index contributed by atoms with van der Waals surface area (Å²) in [6.07, 6.45) is 0. The quantitative estimate of drug-likeness (QED) is 0.868. The number of carbonyl (C=O) groups excluding carboxylic acids is 1. The van der Waals surface area contributed by atoms with Gasteiger partial charge in [0.2, 0.25) is 19.5 Å². The smallest absolute Gasteiger partial charge is 0.242 e. The molecule has 2 aromatic rings. The van der Waals surface area contributed by atoms with Gasteiger partial charge < -0.3 is 29.6 Å². The zero-order valence-electron chi connectivity index (χ0n) is 13.7. The molecule has 25 heavy (non-hydrogen) atoms. The number of rotatable bonds is 5. The van der Waals surface area contributed by atoms with Crippen molar-refractivity contribution in [3.8, 4) is 23.0 Å². The topological polar surface area (TPSA) is 78.1 Å². The number of amides is 1. The standard InChI is InChI=1S/C18H18N2O5/c1-11(20-13-3-5-15-17(7-13)25-10-23-15)18(21)19-8-12-2-4-14-16(6-12)24-9-22-14/h2-7,11,20H,8-10H2,1H3,(H,19,21)/t11-/m0/s1. The molecule has 7 nitrogen and oxygen atoms in total. The van der Waals surface area contributed by atoms with Crippen molar-refractivity contribution in [2.45, 2.75) is 19.5 Å². The van der Waals surface area contributed by atoms with Crippen LogP contribution in [0.3, 0.4) is 0 Å². The van der Waals surface area contributed by atoms with Gasteiger partial charge in [0.05, 0.1) is 0 Å². The second-order valence-corrected chi connectivity index (χ2v) is 5.84. The molecule has 0 saturated heterocycles. The van der Waals surface area contributed by atoms with E-state index < -0.39 is 6.04 Å². The predicted octanol–water partition coefficient (Wildman–Crippen LogP) is 2.26. The summed E-state index contributed by atoms with van der Waals surface area (Å²) >= 11 is 0. The first kappa shape index (κ1) is 15.4. The van der Waals surface area contributed by atoms with Crippen LogP contribution in [0.1, 0.15) is 12.5 Å². The molecule has 2 N–H and O–H groups in total. The van der Waals surface area contributed by atoms with Crippen molar-refractivity contribution in [3.63, 3.8) is 0 Å². The normalized spacial score (nSPS) is 14.9. The molecule has 2 heterocycles. The third-order valence-electron chi connectivity index (χ3n) is 4.05. The van der Waals surface area contributed by atoms with E-state index in [0.717, 1.165) is 17.0 Å². The second kappa shape index (κ2) is 6.43. The monoisotopic (exact) mass is 342 g/mol. The summed E-state index contributed by atoms with van der Waals surface area (Å²) in [5.41, 5.74) is 1.75. The molecule has 2 aromatic carbocycles. The lowest BCUT2D eigenvalue weighted by Gasteiger charge is -2.15. The van der Waals surface area contributed by atoms with Crippen LogP contribution in [0.15, 0.2) is 36.4 Å². The van der Waals surface area contributed by atoms with Crippen molar-refractivity contribution in [1.29, 1.82) is 0 Å². The molecule has 1 atom stereocenters. The number of nitrogens with one attached hydrogen (secondary N) is 2. The second-order valence-electron chi connectivity index (χ2n) is 5.84. The summed E-state index contributed by atoms with van der Waals surface area (Å²) in [4.78, 5) is 12.3. The van der Waals surface area contributed by atoms with Crippen molar-refractivity contribution in [1.82, 2.24) is 5.32 Å². The number of ether oxygens (including phenoxy) is 4. The van der Waals surface area contributed by atoms with Gasteiger partial charge in [-0.25, -0.2) is 0 Å². The Balaban J connectivity index is 1.33. The first-order valence-corrected chi connectivity index (χ1v) is 8.01. The number of hydrogen-bond acceptors (Lipinski definition) is 6. The van der Waals surface area contributed by atoms with Crippen LogP contribution in [-0.2, 0) is 11.3 Å². The molecule has 4 rings (SSSR count). The third-order valence-corrected chi connectivity index (χ3v) is 4.05. The lowest BCUT2D eigenvalue weighted by atomic mass is 10.2. The molecule has 1 amide bonds. The summed E-state index contributed by atoms with van der Waals surface area (Å²) in [6, 6.07) is 10.7. The molecule has 130 valence electrons. The van der Waals surface area contributed by atoms with E-state index in [-0.39, 0.29) is 19.5 Å². The molecule has 0 spiro atoms. The van der Waals surface area contributed by atoms with Crippen LogP contribution in [0, 0.1) is 0 Å². The molecule has 0 fully saturated rings. The molecular weight excluding hydrogens is 324 g/mol. The molecule has 2 aliphatic rings. The van der Waals surface area contributed by atoms with Crippen LogP contribution < -0.4 is 29.6 Å². The molecule has 0 saturated carbocycles. The van der Waals surface area contributed by atoms with Gasteiger partial charge in [-0.3, -0.25) is 4.79 Å². The molecule has 7 heteroatoms. The minimum Gasteiger partial charge on any atom is -0.454 e. The molecule has 0 bridgehead atoms. The van der Waals surface area contributed by atoms with Crippen molar-refractivity contribution < 1.29 is 23.7 Å². The summed E-state index contributed by atoms with van der Waals surface area (Å²) < 4.78 is 21.2. The van der Waals surface area contributed by atoms with E-state index in [1.54, 1.807) is 6.92 Å². The fourth-order valence-electron chi connectivity index (χ4n) is 2.70. The lowest BCUT2D eigenvalue weighted by Crippen LogP contribution is -2.37. The van der Waals surface area contributed by atoms with Gasteiger partial charge in [0.1, 0.15) is 6.04 Å². The average molecular weight is 342 g/mol. The molecule has 0 aliphatic carbocycles. The van der Waals surface area contributed by atoms with Gasteiger partial charge in [0, 0.05) is 18.3 Å². The van der Waals surface area contributed by atoms with E-state index in [1.165, 1.54) is 0 Å². The van der Waals surface area contributed by atoms with Crippen LogP contribution in [0.4, 0.5) is 5.69 Å². The summed E-state index contributed by atoms with van der Waals surface area (Å²) in [5, 5.41) is 6.07. The Morgan fingerprint density at radius 2 is 1.60 bits per heavy atom. The SMILES string of the molecule is C[C@H](Nc1ccc2c(c1)OCO2)C(=O)NCc1ccc2c(c1)OCO2. The summed E-state index contributed by atoms with van der Waals surface area (Å²) in [5.74, 6) is 2.73. The van der Waals surface area contributed by atoms with Crippen molar-refractivity contribution in [2.75, 3.05) is 18.9 Å². The largest absolute Gasteiger partial charge is 0.454 e. The lowest BCUT2D eigenvalue weighted by molar-refractivity contribution is -0.121. The molecule has 0 unspecified atom stereocenters. The van der Waals surface area contributed by atoms with E-state index in [0.29, 0.717) is 23.8 Å². The Labute approximate surface area is 144 Å². The Morgan fingerprint density at radius 1 is 0.960 bits per heavy atom. The predicted molar refractivity (Wildman–Crippen MR) is 90.1 cm³/mol. The van der Waals surface area contributed by atoms with Gasteiger partial charge >= 0.3 is 0 Å². The summed E-state index contributed by atoms with van der Waals surface area (Å²) in [6.45, 7) is 2.69. The highest BCUT2D eigenvalue weighted by Gasteiger charge is 2.17. The van der Waals surface area contributed by atoms with Gasteiger partial charge in [-0.15, -0.1) is 0 Å². The van der Waals surface area contributed by atoms with Gasteiger partial charge in [0.15, 0.2) is 23.0 Å². The van der Waals surface area contributed by atoms with E-state index in [4.69, 9.17) is 18.9 Å². The van der Waals surface area contributed by atoms with Crippen LogP contribution in [0.25, 0.3) is 0 Å². The van der Waals surface area contributed by atoms with Crippen LogP contribution in [-0.4, -0.2) is 25.5 Å². The number of anilines is 1. The maximum atomic E-state index is 12.3. The summed E-state index contributed by atoms with van der Waals surface area (Å²) in [7, 11) is 0. The minimum absolute atomic E-state index is 0.102. The van der Waals surface area contributed by atoms with Crippen molar-refractivity contribution in [2.24, 2.45) is 0 Å². The fourth-order valence-corrected chi connectivity index (χ4v) is 2.70. The Morgan fingerprint density at radius 3 is 2.36 bits per heavy atom. The number of carbonyl (C=O) groups is 1. The average Bonchev–Trinajstić information content (AvgIpc) is 3.27. The van der Waals surface area contributed by atoms with E-state index in [9.17, 15) is 4.79 Å². The Bertz CT molecular complexity index is 808. The molecular formula is C18H18N2O5. The number of fused-ring (bicyclic) bond motifs is 2.